The average Bonchev–Trinajstić information content (AvgIpc) is 2.39. The molecule has 0 N–H and O–H groups in total. The number of rotatable bonds is 5. The van der Waals surface area contributed by atoms with Crippen LogP contribution in [0.2, 0.25) is 0 Å². The summed E-state index contributed by atoms with van der Waals surface area (Å²) in [6.45, 7) is 5.92. The molecule has 0 aliphatic carbocycles. The number of allylic oxidation sites excluding steroid dienone is 1. The van der Waals surface area contributed by atoms with E-state index in [4.69, 9.17) is 0 Å². The highest BCUT2D eigenvalue weighted by Crippen LogP contribution is 2.21. The molecule has 0 spiro atoms. The number of benzene rings is 2. The van der Waals surface area contributed by atoms with E-state index >= 15 is 0 Å². The lowest BCUT2D eigenvalue weighted by molar-refractivity contribution is 0.0992. The summed E-state index contributed by atoms with van der Waals surface area (Å²) in [5.74, 6) is 0.153. The van der Waals surface area contributed by atoms with Crippen molar-refractivity contribution in [3.8, 4) is 0 Å². The fourth-order valence-electron chi connectivity index (χ4n) is 2.18. The van der Waals surface area contributed by atoms with Crippen LogP contribution in [0.3, 0.4) is 0 Å². The van der Waals surface area contributed by atoms with Crippen LogP contribution in [0.5, 0.6) is 0 Å². The molecule has 1 nitrogen and oxygen atoms in total. The number of carbonyl (C=O) groups is 1. The third kappa shape index (κ3) is 3.91. The van der Waals surface area contributed by atoms with Gasteiger partial charge in [-0.25, -0.2) is 0 Å². The Labute approximate surface area is 128 Å². The Bertz CT molecular complexity index is 629. The molecule has 0 atom stereocenters. The maximum absolute atomic E-state index is 12.5. The Morgan fingerprint density at radius 3 is 2.45 bits per heavy atom. The first-order valence-electron chi connectivity index (χ1n) is 6.56. The quantitative estimate of drug-likeness (QED) is 0.558. The highest BCUT2D eigenvalue weighted by Gasteiger charge is 2.12. The highest BCUT2D eigenvalue weighted by atomic mass is 79.9. The molecule has 0 unspecified atom stereocenters. The molecule has 0 radical (unpaired) electrons. The van der Waals surface area contributed by atoms with E-state index < -0.39 is 0 Å². The van der Waals surface area contributed by atoms with Gasteiger partial charge in [0.05, 0.1) is 0 Å². The average molecular weight is 329 g/mol. The number of hydrogen-bond donors (Lipinski definition) is 0. The van der Waals surface area contributed by atoms with E-state index in [1.54, 1.807) is 0 Å². The number of ketones is 1. The topological polar surface area (TPSA) is 17.1 Å². The van der Waals surface area contributed by atoms with Crippen molar-refractivity contribution in [3.63, 3.8) is 0 Å². The van der Waals surface area contributed by atoms with Crippen LogP contribution in [0.1, 0.15) is 28.4 Å². The van der Waals surface area contributed by atoms with Crippen molar-refractivity contribution in [2.24, 2.45) is 0 Å². The van der Waals surface area contributed by atoms with E-state index in [0.29, 0.717) is 6.42 Å². The second kappa shape index (κ2) is 6.67. The number of Topliss-reactive ketones (excluding diaryl/α,β-unsaturated/α-hetero) is 1. The van der Waals surface area contributed by atoms with Crippen LogP contribution in [0.15, 0.2) is 65.2 Å². The molecule has 2 aromatic rings. The van der Waals surface area contributed by atoms with Gasteiger partial charge in [0.25, 0.3) is 0 Å². The minimum absolute atomic E-state index is 0.153. The first kappa shape index (κ1) is 14.7. The fourth-order valence-corrected chi connectivity index (χ4v) is 2.59. The lowest BCUT2D eigenvalue weighted by atomic mass is 9.95. The van der Waals surface area contributed by atoms with Crippen molar-refractivity contribution in [1.29, 1.82) is 0 Å². The van der Waals surface area contributed by atoms with E-state index in [-0.39, 0.29) is 5.78 Å². The minimum atomic E-state index is 0.153. The van der Waals surface area contributed by atoms with Gasteiger partial charge in [-0.2, -0.15) is 0 Å². The van der Waals surface area contributed by atoms with Crippen LogP contribution in [0, 0.1) is 0 Å². The normalized spacial score (nSPS) is 10.3. The zero-order valence-corrected chi connectivity index (χ0v) is 13.1. The number of hydrogen-bond acceptors (Lipinski definition) is 1. The van der Waals surface area contributed by atoms with Crippen LogP contribution in [0.25, 0.3) is 0 Å². The molecule has 0 bridgehead atoms. The summed E-state index contributed by atoms with van der Waals surface area (Å²) in [5.41, 5.74) is 3.92. The lowest BCUT2D eigenvalue weighted by Gasteiger charge is -2.09. The summed E-state index contributed by atoms with van der Waals surface area (Å²) < 4.78 is 0.991. The van der Waals surface area contributed by atoms with Gasteiger partial charge in [0.1, 0.15) is 0 Å². The Morgan fingerprint density at radius 1 is 1.10 bits per heavy atom. The zero-order chi connectivity index (χ0) is 14.5. The molecule has 0 heterocycles. The summed E-state index contributed by atoms with van der Waals surface area (Å²) in [7, 11) is 0. The van der Waals surface area contributed by atoms with Crippen molar-refractivity contribution in [2.75, 3.05) is 0 Å². The van der Waals surface area contributed by atoms with Crippen molar-refractivity contribution in [2.45, 2.75) is 19.8 Å². The van der Waals surface area contributed by atoms with Crippen LogP contribution < -0.4 is 0 Å². The Morgan fingerprint density at radius 2 is 1.80 bits per heavy atom. The predicted octanol–water partition coefficient (Wildman–Crippen LogP) is 4.99. The maximum atomic E-state index is 12.5. The van der Waals surface area contributed by atoms with E-state index in [2.05, 4.69) is 22.5 Å². The van der Waals surface area contributed by atoms with Crippen LogP contribution in [-0.4, -0.2) is 5.78 Å². The standard InChI is InChI=1S/C18H17BrO/c1-13(2)10-15-12-16(19)8-9-17(15)18(20)11-14-6-4-3-5-7-14/h3-9,12H,1,10-11H2,2H3. The van der Waals surface area contributed by atoms with Crippen molar-refractivity contribution in [1.82, 2.24) is 0 Å². The molecule has 2 aromatic carbocycles. The molecule has 2 heteroatoms. The highest BCUT2D eigenvalue weighted by molar-refractivity contribution is 9.10. The summed E-state index contributed by atoms with van der Waals surface area (Å²) >= 11 is 3.46. The van der Waals surface area contributed by atoms with Gasteiger partial charge in [0, 0.05) is 16.5 Å². The van der Waals surface area contributed by atoms with Gasteiger partial charge in [-0.3, -0.25) is 4.79 Å². The minimum Gasteiger partial charge on any atom is -0.294 e. The zero-order valence-electron chi connectivity index (χ0n) is 11.5. The smallest absolute Gasteiger partial charge is 0.167 e. The number of carbonyl (C=O) groups excluding carboxylic acids is 1. The molecular formula is C18H17BrO. The second-order valence-corrected chi connectivity index (χ2v) is 5.94. The predicted molar refractivity (Wildman–Crippen MR) is 87.1 cm³/mol. The second-order valence-electron chi connectivity index (χ2n) is 5.02. The van der Waals surface area contributed by atoms with Gasteiger partial charge in [-0.05, 0) is 42.7 Å². The largest absolute Gasteiger partial charge is 0.294 e. The fraction of sp³-hybridized carbons (Fsp3) is 0.167. The molecule has 0 amide bonds. The van der Waals surface area contributed by atoms with E-state index in [9.17, 15) is 4.79 Å². The summed E-state index contributed by atoms with van der Waals surface area (Å²) in [5, 5.41) is 0. The van der Waals surface area contributed by atoms with Crippen molar-refractivity contribution in [3.05, 3.63) is 81.8 Å². The molecular weight excluding hydrogens is 312 g/mol. The first-order chi connectivity index (χ1) is 9.56. The van der Waals surface area contributed by atoms with Gasteiger partial charge in [0.15, 0.2) is 5.78 Å². The molecule has 0 aromatic heterocycles. The van der Waals surface area contributed by atoms with Gasteiger partial charge in [0.2, 0.25) is 0 Å². The molecule has 0 saturated carbocycles. The SMILES string of the molecule is C=C(C)Cc1cc(Br)ccc1C(=O)Cc1ccccc1. The number of halogens is 1. The molecule has 0 aliphatic heterocycles. The van der Waals surface area contributed by atoms with Gasteiger partial charge >= 0.3 is 0 Å². The third-order valence-corrected chi connectivity index (χ3v) is 3.56. The van der Waals surface area contributed by atoms with Crippen molar-refractivity contribution < 1.29 is 4.79 Å². The third-order valence-electron chi connectivity index (χ3n) is 3.07. The molecule has 0 fully saturated rings. The molecule has 0 aliphatic rings. The summed E-state index contributed by atoms with van der Waals surface area (Å²) in [6.07, 6.45) is 1.17. The molecule has 20 heavy (non-hydrogen) atoms. The van der Waals surface area contributed by atoms with Gasteiger partial charge in [-0.1, -0.05) is 58.4 Å². The van der Waals surface area contributed by atoms with Gasteiger partial charge < -0.3 is 0 Å². The Balaban J connectivity index is 2.27. The molecule has 102 valence electrons. The van der Waals surface area contributed by atoms with Gasteiger partial charge in [-0.15, -0.1) is 0 Å². The van der Waals surface area contributed by atoms with Crippen LogP contribution >= 0.6 is 15.9 Å². The Kier molecular flexibility index (Phi) is 4.91. The monoisotopic (exact) mass is 328 g/mol. The van der Waals surface area contributed by atoms with E-state index in [1.165, 1.54) is 0 Å². The van der Waals surface area contributed by atoms with E-state index in [1.807, 2.05) is 55.5 Å². The maximum Gasteiger partial charge on any atom is 0.167 e. The lowest BCUT2D eigenvalue weighted by Crippen LogP contribution is -2.07. The van der Waals surface area contributed by atoms with Crippen LogP contribution in [0.4, 0.5) is 0 Å². The van der Waals surface area contributed by atoms with Crippen molar-refractivity contribution >= 4 is 21.7 Å². The molecule has 0 saturated heterocycles. The first-order valence-corrected chi connectivity index (χ1v) is 7.35. The molecule has 2 rings (SSSR count). The van der Waals surface area contributed by atoms with E-state index in [0.717, 1.165) is 33.2 Å². The Hall–Kier alpha value is -1.67. The summed E-state index contributed by atoms with van der Waals surface area (Å²) in [6, 6.07) is 15.7. The van der Waals surface area contributed by atoms with Crippen LogP contribution in [-0.2, 0) is 12.8 Å². The summed E-state index contributed by atoms with van der Waals surface area (Å²) in [4.78, 5) is 12.5.